The summed E-state index contributed by atoms with van der Waals surface area (Å²) < 4.78 is 0. The smallest absolute Gasteiger partial charge is 0.0899 e. The van der Waals surface area contributed by atoms with Crippen molar-refractivity contribution in [3.8, 4) is 56.0 Å². The average molecular weight is 612 g/mol. The van der Waals surface area contributed by atoms with Crippen LogP contribution in [-0.2, 0) is 0 Å². The molecule has 0 atom stereocenters. The second-order valence-corrected chi connectivity index (χ2v) is 12.1. The van der Waals surface area contributed by atoms with Gasteiger partial charge in [-0.25, -0.2) is 4.98 Å². The highest BCUT2D eigenvalue weighted by atomic mass is 14.8. The van der Waals surface area contributed by atoms with E-state index in [0.717, 1.165) is 39.3 Å². The molecular formula is C45H29N3. The van der Waals surface area contributed by atoms with Crippen molar-refractivity contribution in [2.45, 2.75) is 0 Å². The van der Waals surface area contributed by atoms with E-state index < -0.39 is 0 Å². The Bertz CT molecular complexity index is 2520. The van der Waals surface area contributed by atoms with Gasteiger partial charge in [-0.05, 0) is 120 Å². The van der Waals surface area contributed by atoms with Crippen molar-refractivity contribution < 1.29 is 0 Å². The van der Waals surface area contributed by atoms with Gasteiger partial charge in [-0.2, -0.15) is 0 Å². The molecule has 3 heterocycles. The van der Waals surface area contributed by atoms with Crippen LogP contribution in [0.15, 0.2) is 176 Å². The maximum absolute atomic E-state index is 4.98. The lowest BCUT2D eigenvalue weighted by Crippen LogP contribution is -1.93. The van der Waals surface area contributed by atoms with E-state index in [9.17, 15) is 0 Å². The Kier molecular flexibility index (Phi) is 6.80. The van der Waals surface area contributed by atoms with Gasteiger partial charge < -0.3 is 0 Å². The molecule has 0 saturated heterocycles. The summed E-state index contributed by atoms with van der Waals surface area (Å²) in [6.07, 6.45) is 5.45. The third kappa shape index (κ3) is 4.99. The Morgan fingerprint density at radius 2 is 0.833 bits per heavy atom. The van der Waals surface area contributed by atoms with Crippen molar-refractivity contribution in [1.29, 1.82) is 0 Å². The highest BCUT2D eigenvalue weighted by molar-refractivity contribution is 6.25. The first-order valence-electron chi connectivity index (χ1n) is 16.2. The zero-order valence-corrected chi connectivity index (χ0v) is 26.1. The number of fused-ring (bicyclic) bond motifs is 6. The van der Waals surface area contributed by atoms with E-state index in [4.69, 9.17) is 4.98 Å². The van der Waals surface area contributed by atoms with Crippen LogP contribution in [0.5, 0.6) is 0 Å². The fraction of sp³-hybridized carbons (Fsp3) is 0. The second-order valence-electron chi connectivity index (χ2n) is 12.1. The Labute approximate surface area is 278 Å². The van der Waals surface area contributed by atoms with Gasteiger partial charge in [0.25, 0.3) is 0 Å². The SMILES string of the molecule is c1ccc(-c2cc(-c3cccc(-c4cccc(-c5ccc6c7ccccc7c7ccccc7c6c5)c4)c3)cc(-c3cccnc3)n2)nc1. The molecule has 9 aromatic rings. The Morgan fingerprint density at radius 3 is 1.44 bits per heavy atom. The molecule has 0 aliphatic rings. The summed E-state index contributed by atoms with van der Waals surface area (Å²) in [5.74, 6) is 0. The fourth-order valence-corrected chi connectivity index (χ4v) is 6.85. The minimum atomic E-state index is 0.830. The lowest BCUT2D eigenvalue weighted by atomic mass is 9.91. The molecule has 0 N–H and O–H groups in total. The first-order chi connectivity index (χ1) is 23.8. The van der Waals surface area contributed by atoms with Crippen LogP contribution >= 0.6 is 0 Å². The van der Waals surface area contributed by atoms with Gasteiger partial charge in [0, 0.05) is 24.2 Å². The number of pyridine rings is 3. The normalized spacial score (nSPS) is 11.3. The van der Waals surface area contributed by atoms with Crippen LogP contribution in [0.2, 0.25) is 0 Å². The number of hydrogen-bond acceptors (Lipinski definition) is 3. The van der Waals surface area contributed by atoms with Crippen LogP contribution in [0.1, 0.15) is 0 Å². The second kappa shape index (κ2) is 11.7. The molecule has 48 heavy (non-hydrogen) atoms. The summed E-state index contributed by atoms with van der Waals surface area (Å²) >= 11 is 0. The van der Waals surface area contributed by atoms with Gasteiger partial charge >= 0.3 is 0 Å². The molecular weight excluding hydrogens is 583 g/mol. The van der Waals surface area contributed by atoms with E-state index in [1.54, 1.807) is 12.4 Å². The average Bonchev–Trinajstić information content (AvgIpc) is 3.18. The minimum absolute atomic E-state index is 0.830. The summed E-state index contributed by atoms with van der Waals surface area (Å²) in [5, 5.41) is 7.72. The van der Waals surface area contributed by atoms with Gasteiger partial charge in [-0.15, -0.1) is 0 Å². The molecule has 3 nitrogen and oxygen atoms in total. The van der Waals surface area contributed by atoms with Crippen LogP contribution in [0.25, 0.3) is 88.3 Å². The fourth-order valence-electron chi connectivity index (χ4n) is 6.85. The summed E-state index contributed by atoms with van der Waals surface area (Å²) in [4.78, 5) is 13.9. The van der Waals surface area contributed by atoms with Gasteiger partial charge in [0.2, 0.25) is 0 Å². The third-order valence-electron chi connectivity index (χ3n) is 9.18. The Morgan fingerprint density at radius 1 is 0.292 bits per heavy atom. The highest BCUT2D eigenvalue weighted by Crippen LogP contribution is 2.38. The molecule has 0 bridgehead atoms. The number of hydrogen-bond donors (Lipinski definition) is 0. The van der Waals surface area contributed by atoms with Gasteiger partial charge in [0.15, 0.2) is 0 Å². The molecule has 0 saturated carbocycles. The van der Waals surface area contributed by atoms with Crippen molar-refractivity contribution in [1.82, 2.24) is 15.0 Å². The summed E-state index contributed by atoms with van der Waals surface area (Å²) in [6, 6.07) is 56.2. The lowest BCUT2D eigenvalue weighted by molar-refractivity contribution is 1.24. The number of aromatic nitrogens is 3. The number of nitrogens with zero attached hydrogens (tertiary/aromatic N) is 3. The third-order valence-corrected chi connectivity index (χ3v) is 9.18. The molecule has 0 amide bonds. The molecule has 0 aliphatic carbocycles. The molecule has 224 valence electrons. The Balaban J connectivity index is 1.14. The van der Waals surface area contributed by atoms with Crippen LogP contribution in [-0.4, -0.2) is 15.0 Å². The summed E-state index contributed by atoms with van der Waals surface area (Å²) in [6.45, 7) is 0. The molecule has 3 heteroatoms. The van der Waals surface area contributed by atoms with Crippen molar-refractivity contribution in [2.75, 3.05) is 0 Å². The maximum Gasteiger partial charge on any atom is 0.0899 e. The van der Waals surface area contributed by atoms with E-state index >= 15 is 0 Å². The van der Waals surface area contributed by atoms with Crippen LogP contribution in [0, 0.1) is 0 Å². The number of rotatable bonds is 5. The standard InChI is InChI=1S/C45H29N3/c1-2-17-39-37(15-1)38-16-3-4-18-40(38)42-26-34(20-21-41(39)42)32-12-7-10-30(24-32)31-11-8-13-33(25-31)36-27-44(35-14-9-22-46-29-35)48-45(28-36)43-19-5-6-23-47-43/h1-29H. The van der Waals surface area contributed by atoms with Crippen molar-refractivity contribution >= 4 is 32.3 Å². The van der Waals surface area contributed by atoms with Crippen molar-refractivity contribution in [3.63, 3.8) is 0 Å². The quantitative estimate of drug-likeness (QED) is 0.182. The zero-order valence-electron chi connectivity index (χ0n) is 26.1. The predicted molar refractivity (Wildman–Crippen MR) is 200 cm³/mol. The molecule has 9 rings (SSSR count). The lowest BCUT2D eigenvalue weighted by Gasteiger charge is -2.13. The molecule has 6 aromatic carbocycles. The van der Waals surface area contributed by atoms with Gasteiger partial charge in [0.05, 0.1) is 17.1 Å². The topological polar surface area (TPSA) is 38.7 Å². The molecule has 0 radical (unpaired) electrons. The first kappa shape index (κ1) is 27.8. The molecule has 3 aromatic heterocycles. The molecule has 0 fully saturated rings. The van der Waals surface area contributed by atoms with Gasteiger partial charge in [-0.1, -0.05) is 103 Å². The predicted octanol–water partition coefficient (Wildman–Crippen LogP) is 11.7. The first-order valence-corrected chi connectivity index (χ1v) is 16.2. The minimum Gasteiger partial charge on any atom is -0.264 e. The van der Waals surface area contributed by atoms with E-state index in [2.05, 4.69) is 137 Å². The zero-order chi connectivity index (χ0) is 31.9. The van der Waals surface area contributed by atoms with E-state index in [1.165, 1.54) is 49.0 Å². The van der Waals surface area contributed by atoms with E-state index in [-0.39, 0.29) is 0 Å². The monoisotopic (exact) mass is 611 g/mol. The van der Waals surface area contributed by atoms with Crippen LogP contribution in [0.3, 0.4) is 0 Å². The van der Waals surface area contributed by atoms with Gasteiger partial charge in [0.1, 0.15) is 0 Å². The highest BCUT2D eigenvalue weighted by Gasteiger charge is 2.13. The van der Waals surface area contributed by atoms with Crippen LogP contribution in [0.4, 0.5) is 0 Å². The summed E-state index contributed by atoms with van der Waals surface area (Å²) in [7, 11) is 0. The van der Waals surface area contributed by atoms with Gasteiger partial charge in [-0.3, -0.25) is 9.97 Å². The maximum atomic E-state index is 4.98. The molecule has 0 aliphatic heterocycles. The van der Waals surface area contributed by atoms with Crippen LogP contribution < -0.4 is 0 Å². The molecule has 0 unspecified atom stereocenters. The van der Waals surface area contributed by atoms with E-state index in [1.807, 2.05) is 36.5 Å². The Hall–Kier alpha value is -6.45. The van der Waals surface area contributed by atoms with Crippen molar-refractivity contribution in [3.05, 3.63) is 176 Å². The number of benzene rings is 6. The summed E-state index contributed by atoms with van der Waals surface area (Å²) in [5.41, 5.74) is 10.4. The van der Waals surface area contributed by atoms with E-state index in [0.29, 0.717) is 0 Å². The largest absolute Gasteiger partial charge is 0.264 e. The molecule has 0 spiro atoms. The van der Waals surface area contributed by atoms with Crippen molar-refractivity contribution in [2.24, 2.45) is 0 Å².